The van der Waals surface area contributed by atoms with Crippen LogP contribution in [0.1, 0.15) is 11.1 Å². The zero-order valence-corrected chi connectivity index (χ0v) is 11.9. The van der Waals surface area contributed by atoms with Crippen LogP contribution in [0.4, 0.5) is 0 Å². The molecule has 2 aromatic rings. The summed E-state index contributed by atoms with van der Waals surface area (Å²) in [7, 11) is -1.49. The van der Waals surface area contributed by atoms with E-state index in [9.17, 15) is 0 Å². The van der Waals surface area contributed by atoms with E-state index in [-0.39, 0.29) is 0 Å². The van der Waals surface area contributed by atoms with Crippen molar-refractivity contribution in [2.75, 3.05) is 0 Å². The number of hydrogen-bond donors (Lipinski definition) is 0. The maximum Gasteiger partial charge on any atom is 0.401 e. The predicted molar refractivity (Wildman–Crippen MR) is 76.4 cm³/mol. The van der Waals surface area contributed by atoms with Gasteiger partial charge in [-0.05, 0) is 48.3 Å². The molecule has 0 heterocycles. The largest absolute Gasteiger partial charge is 0.427 e. The third kappa shape index (κ3) is 3.38. The van der Waals surface area contributed by atoms with E-state index in [1.807, 2.05) is 62.4 Å². The standard InChI is InChI=1S/C14H14ClO2P/c1-11-7-3-5-9-13(11)16-18(15)17-14-10-6-4-8-12(14)2/h3-10H,1-2H3. The molecule has 2 aromatic carbocycles. The smallest absolute Gasteiger partial charge is 0.401 e. The van der Waals surface area contributed by atoms with Crippen molar-refractivity contribution in [3.05, 3.63) is 59.7 Å². The van der Waals surface area contributed by atoms with E-state index in [1.165, 1.54) is 0 Å². The Morgan fingerprint density at radius 2 is 1.17 bits per heavy atom. The Kier molecular flexibility index (Phi) is 4.46. The first-order valence-electron chi connectivity index (χ1n) is 5.60. The van der Waals surface area contributed by atoms with Crippen LogP contribution >= 0.6 is 19.0 Å². The molecule has 0 bridgehead atoms. The average molecular weight is 281 g/mol. The Morgan fingerprint density at radius 1 is 0.778 bits per heavy atom. The molecule has 0 aliphatic heterocycles. The van der Waals surface area contributed by atoms with Crippen LogP contribution in [-0.2, 0) is 0 Å². The lowest BCUT2D eigenvalue weighted by Gasteiger charge is -2.14. The molecule has 0 fully saturated rings. The summed E-state index contributed by atoms with van der Waals surface area (Å²) in [6.07, 6.45) is 0. The summed E-state index contributed by atoms with van der Waals surface area (Å²) in [6.45, 7) is 3.95. The van der Waals surface area contributed by atoms with Crippen LogP contribution in [0.25, 0.3) is 0 Å². The second-order valence-corrected chi connectivity index (χ2v) is 5.54. The molecule has 4 heteroatoms. The first-order valence-corrected chi connectivity index (χ1v) is 7.68. The van der Waals surface area contributed by atoms with Crippen molar-refractivity contribution < 1.29 is 9.05 Å². The summed E-state index contributed by atoms with van der Waals surface area (Å²) in [6, 6.07) is 15.5. The monoisotopic (exact) mass is 280 g/mol. The highest BCUT2D eigenvalue weighted by atomic mass is 35.7. The fourth-order valence-corrected chi connectivity index (χ4v) is 2.69. The van der Waals surface area contributed by atoms with Gasteiger partial charge < -0.3 is 9.05 Å². The summed E-state index contributed by atoms with van der Waals surface area (Å²) >= 11 is 6.11. The Balaban J connectivity index is 2.04. The molecule has 0 aliphatic rings. The van der Waals surface area contributed by atoms with Gasteiger partial charge in [0.25, 0.3) is 0 Å². The maximum absolute atomic E-state index is 6.11. The van der Waals surface area contributed by atoms with Crippen molar-refractivity contribution in [3.8, 4) is 11.5 Å². The predicted octanol–water partition coefficient (Wildman–Crippen LogP) is 5.23. The second kappa shape index (κ2) is 6.08. The molecule has 2 nitrogen and oxygen atoms in total. The van der Waals surface area contributed by atoms with E-state index in [4.69, 9.17) is 20.3 Å². The SMILES string of the molecule is Cc1ccccc1OP(Cl)Oc1ccccc1C. The Labute approximate surface area is 113 Å². The molecule has 0 unspecified atom stereocenters. The van der Waals surface area contributed by atoms with Crippen LogP contribution in [0, 0.1) is 13.8 Å². The fraction of sp³-hybridized carbons (Fsp3) is 0.143. The molecule has 0 N–H and O–H groups in total. The number of aryl methyl sites for hydroxylation is 2. The molecule has 0 amide bonds. The minimum atomic E-state index is -1.49. The summed E-state index contributed by atoms with van der Waals surface area (Å²) in [5.41, 5.74) is 2.08. The molecule has 0 aromatic heterocycles. The zero-order valence-electron chi connectivity index (χ0n) is 10.3. The third-order valence-corrected chi connectivity index (χ3v) is 3.62. The van der Waals surface area contributed by atoms with Gasteiger partial charge in [-0.1, -0.05) is 36.4 Å². The number of hydrogen-bond acceptors (Lipinski definition) is 2. The van der Waals surface area contributed by atoms with Gasteiger partial charge in [0, 0.05) is 0 Å². The van der Waals surface area contributed by atoms with Crippen molar-refractivity contribution in [2.45, 2.75) is 13.8 Å². The Bertz CT molecular complexity index is 483. The van der Waals surface area contributed by atoms with E-state index >= 15 is 0 Å². The molecule has 0 spiro atoms. The van der Waals surface area contributed by atoms with Crippen LogP contribution in [0.5, 0.6) is 11.5 Å². The van der Waals surface area contributed by atoms with Gasteiger partial charge in [0.2, 0.25) is 0 Å². The minimum Gasteiger partial charge on any atom is -0.427 e. The summed E-state index contributed by atoms with van der Waals surface area (Å²) in [4.78, 5) is 0. The lowest BCUT2D eigenvalue weighted by Crippen LogP contribution is -1.93. The first-order chi connectivity index (χ1) is 8.66. The quantitative estimate of drug-likeness (QED) is 0.714. The number of para-hydroxylation sites is 2. The van der Waals surface area contributed by atoms with Crippen LogP contribution in [0.15, 0.2) is 48.5 Å². The van der Waals surface area contributed by atoms with E-state index in [1.54, 1.807) is 0 Å². The number of halogens is 1. The van der Waals surface area contributed by atoms with E-state index in [0.717, 1.165) is 22.6 Å². The fourth-order valence-electron chi connectivity index (χ4n) is 1.49. The third-order valence-electron chi connectivity index (χ3n) is 2.53. The lowest BCUT2D eigenvalue weighted by atomic mass is 10.2. The highest BCUT2D eigenvalue weighted by Crippen LogP contribution is 2.46. The van der Waals surface area contributed by atoms with Crippen molar-refractivity contribution in [1.29, 1.82) is 0 Å². The average Bonchev–Trinajstić information content (AvgIpc) is 2.35. The van der Waals surface area contributed by atoms with Gasteiger partial charge in [-0.25, -0.2) is 0 Å². The normalized spacial score (nSPS) is 10.4. The van der Waals surface area contributed by atoms with Gasteiger partial charge in [0.15, 0.2) is 0 Å². The summed E-state index contributed by atoms with van der Waals surface area (Å²) in [5, 5.41) is 0. The molecule has 0 radical (unpaired) electrons. The van der Waals surface area contributed by atoms with Crippen molar-refractivity contribution >= 4 is 19.0 Å². The Hall–Kier alpha value is -1.24. The Morgan fingerprint density at radius 3 is 1.56 bits per heavy atom. The minimum absolute atomic E-state index is 0.757. The topological polar surface area (TPSA) is 18.5 Å². The number of rotatable bonds is 4. The van der Waals surface area contributed by atoms with Crippen LogP contribution in [0.2, 0.25) is 0 Å². The van der Waals surface area contributed by atoms with E-state index < -0.39 is 7.73 Å². The van der Waals surface area contributed by atoms with Gasteiger partial charge in [-0.3, -0.25) is 0 Å². The van der Waals surface area contributed by atoms with E-state index in [0.29, 0.717) is 0 Å². The van der Waals surface area contributed by atoms with Crippen LogP contribution in [-0.4, -0.2) is 0 Å². The van der Waals surface area contributed by atoms with Gasteiger partial charge in [0.1, 0.15) is 11.5 Å². The van der Waals surface area contributed by atoms with Crippen molar-refractivity contribution in [3.63, 3.8) is 0 Å². The van der Waals surface area contributed by atoms with Crippen LogP contribution in [0.3, 0.4) is 0 Å². The van der Waals surface area contributed by atoms with Crippen LogP contribution < -0.4 is 9.05 Å². The molecule has 0 saturated carbocycles. The summed E-state index contributed by atoms with van der Waals surface area (Å²) < 4.78 is 11.2. The lowest BCUT2D eigenvalue weighted by molar-refractivity contribution is 0.504. The highest BCUT2D eigenvalue weighted by Gasteiger charge is 2.13. The zero-order chi connectivity index (χ0) is 13.0. The molecular formula is C14H14ClO2P. The molecule has 94 valence electrons. The molecule has 2 rings (SSSR count). The molecule has 18 heavy (non-hydrogen) atoms. The first kappa shape index (κ1) is 13.2. The second-order valence-electron chi connectivity index (χ2n) is 3.93. The molecule has 0 aliphatic carbocycles. The van der Waals surface area contributed by atoms with E-state index in [2.05, 4.69) is 0 Å². The summed E-state index contributed by atoms with van der Waals surface area (Å²) in [5.74, 6) is 1.51. The number of benzene rings is 2. The molecule has 0 atom stereocenters. The maximum atomic E-state index is 6.11. The van der Waals surface area contributed by atoms with Gasteiger partial charge in [-0.15, -0.1) is 0 Å². The highest BCUT2D eigenvalue weighted by molar-refractivity contribution is 7.76. The van der Waals surface area contributed by atoms with Crippen molar-refractivity contribution in [2.24, 2.45) is 0 Å². The molecule has 0 saturated heterocycles. The van der Waals surface area contributed by atoms with Gasteiger partial charge in [-0.2, -0.15) is 0 Å². The van der Waals surface area contributed by atoms with Gasteiger partial charge >= 0.3 is 7.73 Å². The van der Waals surface area contributed by atoms with Gasteiger partial charge in [0.05, 0.1) is 0 Å². The van der Waals surface area contributed by atoms with Crippen molar-refractivity contribution in [1.82, 2.24) is 0 Å². The molecular weight excluding hydrogens is 267 g/mol.